The molecule has 1 aliphatic heterocycles. The summed E-state index contributed by atoms with van der Waals surface area (Å²) < 4.78 is 0. The van der Waals surface area contributed by atoms with Crippen LogP contribution in [0.15, 0.2) is 51.6 Å². The van der Waals surface area contributed by atoms with Crippen LogP contribution in [0.2, 0.25) is 0 Å². The number of aliphatic imine (C=N–C) groups is 3. The lowest BCUT2D eigenvalue weighted by Crippen LogP contribution is -2.39. The molecule has 22 heavy (non-hydrogen) atoms. The maximum atomic E-state index is 12.0. The van der Waals surface area contributed by atoms with E-state index >= 15 is 0 Å². The minimum atomic E-state index is -1.91. The number of hydrogen-bond acceptors (Lipinski definition) is 6. The van der Waals surface area contributed by atoms with Crippen LogP contribution in [0.4, 0.5) is 0 Å². The molecule has 2 amide bonds. The third-order valence-electron chi connectivity index (χ3n) is 3.05. The Balaban J connectivity index is 2.49. The number of isocyanates is 2. The minimum absolute atomic E-state index is 0.228. The first kappa shape index (κ1) is 15.1. The lowest BCUT2D eigenvalue weighted by atomic mass is 9.78. The highest BCUT2D eigenvalue weighted by atomic mass is 16.2. The minimum Gasteiger partial charge on any atom is -0.270 e. The summed E-state index contributed by atoms with van der Waals surface area (Å²) in [6, 6.07) is 5.05. The van der Waals surface area contributed by atoms with Crippen LogP contribution < -0.4 is 0 Å². The molecule has 108 valence electrons. The number of aromatic nitrogens is 1. The van der Waals surface area contributed by atoms with Crippen molar-refractivity contribution in [2.24, 2.45) is 20.4 Å². The molecule has 0 atom stereocenters. The van der Waals surface area contributed by atoms with E-state index in [2.05, 4.69) is 20.0 Å². The molecule has 1 aliphatic rings. The molecule has 2 heterocycles. The number of nitrogens with zero attached hydrogens (tertiary/aromatic N) is 4. The zero-order chi connectivity index (χ0) is 16.0. The second kappa shape index (κ2) is 6.41. The number of rotatable bonds is 3. The van der Waals surface area contributed by atoms with Crippen molar-refractivity contribution in [2.75, 3.05) is 0 Å². The molecular formula is C14H8N4O4. The fourth-order valence-electron chi connectivity index (χ4n) is 1.98. The molecule has 2 rings (SSSR count). The summed E-state index contributed by atoms with van der Waals surface area (Å²) in [6.45, 7) is 0. The van der Waals surface area contributed by atoms with Gasteiger partial charge in [-0.2, -0.15) is 0 Å². The highest BCUT2D eigenvalue weighted by Gasteiger charge is 2.46. The smallest absolute Gasteiger partial charge is 0.270 e. The molecule has 0 radical (unpaired) electrons. The van der Waals surface area contributed by atoms with E-state index < -0.39 is 17.2 Å². The van der Waals surface area contributed by atoms with Gasteiger partial charge in [-0.15, -0.1) is 9.98 Å². The zero-order valence-corrected chi connectivity index (χ0v) is 11.1. The van der Waals surface area contributed by atoms with Gasteiger partial charge in [-0.1, -0.05) is 6.07 Å². The summed E-state index contributed by atoms with van der Waals surface area (Å²) in [5.41, 5.74) is -1.14. The van der Waals surface area contributed by atoms with E-state index in [0.29, 0.717) is 11.4 Å². The average molecular weight is 296 g/mol. The van der Waals surface area contributed by atoms with E-state index in [9.17, 15) is 19.2 Å². The SMILES string of the molecule is O=C=NC(=O)C1(C(=O)N=C=O)C=CN=C(c2ccccn2)C1. The van der Waals surface area contributed by atoms with Crippen molar-refractivity contribution < 1.29 is 19.2 Å². The normalized spacial score (nSPS) is 19.4. The highest BCUT2D eigenvalue weighted by molar-refractivity contribution is 6.15. The summed E-state index contributed by atoms with van der Waals surface area (Å²) >= 11 is 0. The lowest BCUT2D eigenvalue weighted by molar-refractivity contribution is -0.135. The Labute approximate surface area is 124 Å². The van der Waals surface area contributed by atoms with E-state index in [1.165, 1.54) is 12.4 Å². The van der Waals surface area contributed by atoms with Crippen molar-refractivity contribution in [3.8, 4) is 0 Å². The first-order chi connectivity index (χ1) is 10.6. The number of carbonyl (C=O) groups is 2. The molecule has 1 aromatic heterocycles. The van der Waals surface area contributed by atoms with Crippen molar-refractivity contribution in [3.63, 3.8) is 0 Å². The van der Waals surface area contributed by atoms with Crippen LogP contribution in [-0.4, -0.2) is 34.7 Å². The van der Waals surface area contributed by atoms with Crippen molar-refractivity contribution in [3.05, 3.63) is 42.4 Å². The van der Waals surface area contributed by atoms with Crippen LogP contribution in [0.1, 0.15) is 12.1 Å². The van der Waals surface area contributed by atoms with Crippen LogP contribution >= 0.6 is 0 Å². The summed E-state index contributed by atoms with van der Waals surface area (Å²) in [5, 5.41) is 0. The molecule has 8 heteroatoms. The zero-order valence-electron chi connectivity index (χ0n) is 11.1. The van der Waals surface area contributed by atoms with Gasteiger partial charge in [0.15, 0.2) is 5.41 Å². The summed E-state index contributed by atoms with van der Waals surface area (Å²) in [7, 11) is 0. The second-order valence-electron chi connectivity index (χ2n) is 4.27. The number of amides is 2. The highest BCUT2D eigenvalue weighted by Crippen LogP contribution is 2.32. The Bertz CT molecular complexity index is 739. The number of carbonyl (C=O) groups excluding carboxylic acids is 4. The first-order valence-electron chi connectivity index (χ1n) is 6.04. The van der Waals surface area contributed by atoms with Gasteiger partial charge in [0.05, 0.1) is 11.4 Å². The van der Waals surface area contributed by atoms with Gasteiger partial charge < -0.3 is 0 Å². The van der Waals surface area contributed by atoms with Gasteiger partial charge in [0.2, 0.25) is 12.2 Å². The molecule has 0 N–H and O–H groups in total. The molecule has 0 saturated heterocycles. The Hall–Kier alpha value is -3.34. The fourth-order valence-corrected chi connectivity index (χ4v) is 1.98. The van der Waals surface area contributed by atoms with E-state index in [1.54, 1.807) is 18.2 Å². The van der Waals surface area contributed by atoms with Gasteiger partial charge in [0.25, 0.3) is 11.8 Å². The molecule has 1 aromatic rings. The maximum absolute atomic E-state index is 12.0. The molecule has 0 bridgehead atoms. The molecule has 0 aliphatic carbocycles. The monoisotopic (exact) mass is 296 g/mol. The molecule has 0 saturated carbocycles. The predicted octanol–water partition coefficient (Wildman–Crippen LogP) is 0.499. The van der Waals surface area contributed by atoms with Gasteiger partial charge in [-0.3, -0.25) is 19.6 Å². The van der Waals surface area contributed by atoms with Crippen LogP contribution in [0.25, 0.3) is 0 Å². The quantitative estimate of drug-likeness (QED) is 0.457. The topological polar surface area (TPSA) is 118 Å². The Kier molecular flexibility index (Phi) is 4.38. The van der Waals surface area contributed by atoms with Gasteiger partial charge in [0.1, 0.15) is 0 Å². The van der Waals surface area contributed by atoms with Gasteiger partial charge >= 0.3 is 0 Å². The van der Waals surface area contributed by atoms with Gasteiger partial charge in [0, 0.05) is 18.8 Å². The molecule has 0 unspecified atom stereocenters. The van der Waals surface area contributed by atoms with Crippen LogP contribution in [0.5, 0.6) is 0 Å². The van der Waals surface area contributed by atoms with Crippen LogP contribution in [0, 0.1) is 5.41 Å². The molecular weight excluding hydrogens is 288 g/mol. The van der Waals surface area contributed by atoms with E-state index in [-0.39, 0.29) is 6.42 Å². The van der Waals surface area contributed by atoms with Crippen molar-refractivity contribution >= 4 is 29.7 Å². The molecule has 0 aromatic carbocycles. The summed E-state index contributed by atoms with van der Waals surface area (Å²) in [6.07, 6.45) is 5.82. The maximum Gasteiger partial charge on any atom is 0.276 e. The number of hydrogen-bond donors (Lipinski definition) is 0. The standard InChI is InChI=1S/C14H8N4O4/c19-8-17-12(21)14(13(22)18-9-20)4-6-16-11(7-14)10-3-1-2-5-15-10/h1-6H,7H2. The number of pyridine rings is 1. The molecule has 0 fully saturated rings. The third-order valence-corrected chi connectivity index (χ3v) is 3.05. The first-order valence-corrected chi connectivity index (χ1v) is 6.04. The second-order valence-corrected chi connectivity index (χ2v) is 4.27. The molecule has 8 nitrogen and oxygen atoms in total. The van der Waals surface area contributed by atoms with Crippen molar-refractivity contribution in [1.82, 2.24) is 4.98 Å². The van der Waals surface area contributed by atoms with Gasteiger partial charge in [-0.05, 0) is 18.2 Å². The third kappa shape index (κ3) is 2.73. The van der Waals surface area contributed by atoms with Crippen molar-refractivity contribution in [2.45, 2.75) is 6.42 Å². The Morgan fingerprint density at radius 3 is 2.36 bits per heavy atom. The average Bonchev–Trinajstić information content (AvgIpc) is 2.56. The van der Waals surface area contributed by atoms with Crippen LogP contribution in [-0.2, 0) is 19.2 Å². The Morgan fingerprint density at radius 2 is 1.82 bits per heavy atom. The van der Waals surface area contributed by atoms with Crippen LogP contribution in [0.3, 0.4) is 0 Å². The van der Waals surface area contributed by atoms with E-state index in [0.717, 1.165) is 18.2 Å². The Morgan fingerprint density at radius 1 is 1.14 bits per heavy atom. The lowest BCUT2D eigenvalue weighted by Gasteiger charge is -2.25. The largest absolute Gasteiger partial charge is 0.276 e. The van der Waals surface area contributed by atoms with Gasteiger partial charge in [-0.25, -0.2) is 9.59 Å². The van der Waals surface area contributed by atoms with Crippen molar-refractivity contribution in [1.29, 1.82) is 0 Å². The summed E-state index contributed by atoms with van der Waals surface area (Å²) in [5.74, 6) is -2.16. The summed E-state index contributed by atoms with van der Waals surface area (Å²) in [4.78, 5) is 58.8. The fraction of sp³-hybridized carbons (Fsp3) is 0.143. The molecule has 0 spiro atoms. The van der Waals surface area contributed by atoms with E-state index in [1.807, 2.05) is 0 Å². The predicted molar refractivity (Wildman–Crippen MR) is 73.2 cm³/mol. The van der Waals surface area contributed by atoms with E-state index in [4.69, 9.17) is 0 Å².